The highest BCUT2D eigenvalue weighted by Crippen LogP contribution is 2.11. The Hall–Kier alpha value is -1.10. The average molecular weight is 241 g/mol. The van der Waals surface area contributed by atoms with Crippen LogP contribution in [0.5, 0.6) is 0 Å². The number of aryl methyl sites for hydroxylation is 1. The van der Waals surface area contributed by atoms with E-state index in [2.05, 4.69) is 30.9 Å². The van der Waals surface area contributed by atoms with Crippen LogP contribution in [0.15, 0.2) is 10.5 Å². The zero-order valence-corrected chi connectivity index (χ0v) is 10.9. The number of aromatic nitrogens is 1. The first-order chi connectivity index (χ1) is 7.61. The van der Waals surface area contributed by atoms with Crippen molar-refractivity contribution in [3.8, 4) is 0 Å². The van der Waals surface area contributed by atoms with E-state index in [0.717, 1.165) is 23.5 Å². The van der Waals surface area contributed by atoms with Gasteiger partial charge in [-0.1, -0.05) is 25.9 Å². The third-order valence-corrected chi connectivity index (χ3v) is 2.96. The van der Waals surface area contributed by atoms with Gasteiger partial charge in [0.05, 0.1) is 10.7 Å². The summed E-state index contributed by atoms with van der Waals surface area (Å²) in [7, 11) is 0. The fraction of sp³-hybridized carbons (Fsp3) is 0.636. The molecule has 0 atom stereocenters. The van der Waals surface area contributed by atoms with Crippen LogP contribution in [-0.4, -0.2) is 10.8 Å². The smallest absolute Gasteiger partial charge is 0.160 e. The van der Waals surface area contributed by atoms with E-state index in [-0.39, 0.29) is 0 Å². The van der Waals surface area contributed by atoms with Gasteiger partial charge in [0.15, 0.2) is 6.61 Å². The first-order valence-corrected chi connectivity index (χ1v) is 6.37. The van der Waals surface area contributed by atoms with Crippen molar-refractivity contribution < 1.29 is 4.84 Å². The van der Waals surface area contributed by atoms with Crippen LogP contribution in [0.4, 0.5) is 0 Å². The largest absolute Gasteiger partial charge is 0.388 e. The van der Waals surface area contributed by atoms with Crippen molar-refractivity contribution in [1.82, 2.24) is 4.98 Å². The highest BCUT2D eigenvalue weighted by Gasteiger charge is 2.01. The molecule has 1 aromatic rings. The molecule has 0 aliphatic heterocycles. The van der Waals surface area contributed by atoms with E-state index >= 15 is 0 Å². The lowest BCUT2D eigenvalue weighted by molar-refractivity contribution is 0.127. The van der Waals surface area contributed by atoms with Crippen LogP contribution in [0, 0.1) is 5.92 Å². The maximum Gasteiger partial charge on any atom is 0.160 e. The molecular formula is C11H19N3OS. The van der Waals surface area contributed by atoms with Crippen molar-refractivity contribution in [2.45, 2.75) is 40.2 Å². The molecule has 16 heavy (non-hydrogen) atoms. The summed E-state index contributed by atoms with van der Waals surface area (Å²) in [6, 6.07) is 0. The Morgan fingerprint density at radius 1 is 1.62 bits per heavy atom. The molecule has 1 heterocycles. The van der Waals surface area contributed by atoms with Crippen LogP contribution < -0.4 is 5.73 Å². The minimum atomic E-state index is 0.398. The standard InChI is InChI=1S/C11H19N3OS/c1-4-11-13-9(7-16-11)6-15-14-10(12)5-8(2)3/h7-8H,4-6H2,1-3H3,(H2,12,14). The van der Waals surface area contributed by atoms with E-state index in [1.165, 1.54) is 0 Å². The number of amidine groups is 1. The zero-order valence-electron chi connectivity index (χ0n) is 10.1. The van der Waals surface area contributed by atoms with E-state index in [4.69, 9.17) is 10.6 Å². The fourth-order valence-corrected chi connectivity index (χ4v) is 1.94. The van der Waals surface area contributed by atoms with Crippen molar-refractivity contribution >= 4 is 17.2 Å². The summed E-state index contributed by atoms with van der Waals surface area (Å²) in [5, 5.41) is 6.97. The predicted molar refractivity (Wildman–Crippen MR) is 67.4 cm³/mol. The molecule has 0 aliphatic rings. The van der Waals surface area contributed by atoms with E-state index in [9.17, 15) is 0 Å². The van der Waals surface area contributed by atoms with Crippen LogP contribution in [-0.2, 0) is 17.9 Å². The molecule has 2 N–H and O–H groups in total. The van der Waals surface area contributed by atoms with E-state index in [1.54, 1.807) is 11.3 Å². The Morgan fingerprint density at radius 2 is 2.38 bits per heavy atom. The molecule has 0 spiro atoms. The van der Waals surface area contributed by atoms with Gasteiger partial charge in [-0.3, -0.25) is 0 Å². The topological polar surface area (TPSA) is 60.5 Å². The number of thiazole rings is 1. The molecule has 0 fully saturated rings. The third-order valence-electron chi connectivity index (χ3n) is 1.91. The molecule has 0 radical (unpaired) electrons. The Bertz CT molecular complexity index is 347. The number of nitrogens with two attached hydrogens (primary N) is 1. The SMILES string of the molecule is CCc1nc(CON=C(N)CC(C)C)cs1. The molecule has 4 nitrogen and oxygen atoms in total. The van der Waals surface area contributed by atoms with Crippen molar-refractivity contribution in [1.29, 1.82) is 0 Å². The van der Waals surface area contributed by atoms with E-state index in [1.807, 2.05) is 5.38 Å². The minimum Gasteiger partial charge on any atom is -0.388 e. The fourth-order valence-electron chi connectivity index (χ4n) is 1.21. The first-order valence-electron chi connectivity index (χ1n) is 5.49. The number of oxime groups is 1. The molecule has 0 aliphatic carbocycles. The number of rotatable bonds is 6. The maximum absolute atomic E-state index is 5.68. The first kappa shape index (κ1) is 13.0. The van der Waals surface area contributed by atoms with Gasteiger partial charge in [-0.15, -0.1) is 11.3 Å². The lowest BCUT2D eigenvalue weighted by atomic mass is 10.1. The van der Waals surface area contributed by atoms with Gasteiger partial charge < -0.3 is 10.6 Å². The zero-order chi connectivity index (χ0) is 12.0. The lowest BCUT2D eigenvalue weighted by Crippen LogP contribution is -2.14. The molecular weight excluding hydrogens is 222 g/mol. The predicted octanol–water partition coefficient (Wildman–Crippen LogP) is 2.54. The molecule has 0 saturated carbocycles. The molecule has 0 aromatic carbocycles. The maximum atomic E-state index is 5.68. The van der Waals surface area contributed by atoms with Crippen LogP contribution in [0.1, 0.15) is 37.9 Å². The Morgan fingerprint density at radius 3 is 2.94 bits per heavy atom. The Labute approximate surface area is 101 Å². The van der Waals surface area contributed by atoms with Crippen molar-refractivity contribution in [2.24, 2.45) is 16.8 Å². The summed E-state index contributed by atoms with van der Waals surface area (Å²) < 4.78 is 0. The Balaban J connectivity index is 2.34. The number of hydrogen-bond acceptors (Lipinski definition) is 4. The van der Waals surface area contributed by atoms with Crippen LogP contribution in [0.2, 0.25) is 0 Å². The van der Waals surface area contributed by atoms with Crippen LogP contribution in [0.3, 0.4) is 0 Å². The van der Waals surface area contributed by atoms with Gasteiger partial charge in [-0.05, 0) is 12.3 Å². The molecule has 0 bridgehead atoms. The quantitative estimate of drug-likeness (QED) is 0.473. The third kappa shape index (κ3) is 4.61. The second-order valence-corrected chi connectivity index (χ2v) is 4.98. The molecule has 5 heteroatoms. The van der Waals surface area contributed by atoms with Gasteiger partial charge in [-0.2, -0.15) is 0 Å². The summed E-state index contributed by atoms with van der Waals surface area (Å²) in [6.07, 6.45) is 1.72. The van der Waals surface area contributed by atoms with Crippen molar-refractivity contribution in [3.05, 3.63) is 16.1 Å². The van der Waals surface area contributed by atoms with E-state index < -0.39 is 0 Å². The molecule has 1 aromatic heterocycles. The van der Waals surface area contributed by atoms with Gasteiger partial charge in [0.25, 0.3) is 0 Å². The minimum absolute atomic E-state index is 0.398. The number of hydrogen-bond donors (Lipinski definition) is 1. The molecule has 1 rings (SSSR count). The second-order valence-electron chi connectivity index (χ2n) is 4.04. The normalized spacial score (nSPS) is 12.1. The van der Waals surface area contributed by atoms with Crippen molar-refractivity contribution in [2.75, 3.05) is 0 Å². The lowest BCUT2D eigenvalue weighted by Gasteiger charge is -2.03. The molecule has 0 unspecified atom stereocenters. The van der Waals surface area contributed by atoms with Gasteiger partial charge in [0, 0.05) is 11.8 Å². The van der Waals surface area contributed by atoms with Crippen LogP contribution in [0.25, 0.3) is 0 Å². The van der Waals surface area contributed by atoms with Gasteiger partial charge in [0.2, 0.25) is 0 Å². The second kappa shape index (κ2) is 6.48. The summed E-state index contributed by atoms with van der Waals surface area (Å²) in [4.78, 5) is 9.52. The number of nitrogens with zero attached hydrogens (tertiary/aromatic N) is 2. The molecule has 0 amide bonds. The average Bonchev–Trinajstić information content (AvgIpc) is 2.64. The van der Waals surface area contributed by atoms with Gasteiger partial charge in [0.1, 0.15) is 5.84 Å². The molecule has 0 saturated heterocycles. The highest BCUT2D eigenvalue weighted by molar-refractivity contribution is 7.09. The summed E-state index contributed by atoms with van der Waals surface area (Å²) in [5.74, 6) is 1.04. The summed E-state index contributed by atoms with van der Waals surface area (Å²) >= 11 is 1.65. The van der Waals surface area contributed by atoms with E-state index in [0.29, 0.717) is 18.4 Å². The monoisotopic (exact) mass is 241 g/mol. The van der Waals surface area contributed by atoms with Crippen molar-refractivity contribution in [3.63, 3.8) is 0 Å². The molecule has 90 valence electrons. The van der Waals surface area contributed by atoms with Crippen LogP contribution >= 0.6 is 11.3 Å². The summed E-state index contributed by atoms with van der Waals surface area (Å²) in [6.45, 7) is 6.67. The van der Waals surface area contributed by atoms with Gasteiger partial charge >= 0.3 is 0 Å². The highest BCUT2D eigenvalue weighted by atomic mass is 32.1. The Kier molecular flexibility index (Phi) is 5.25. The summed E-state index contributed by atoms with van der Waals surface area (Å²) in [5.41, 5.74) is 6.60. The van der Waals surface area contributed by atoms with Gasteiger partial charge in [-0.25, -0.2) is 4.98 Å².